The number of aliphatic carboxylic acids is 1. The monoisotopic (exact) mass is 772 g/mol. The molecule has 0 aliphatic heterocycles. The molecule has 0 bridgehead atoms. The first kappa shape index (κ1) is 44.6. The zero-order valence-electron chi connectivity index (χ0n) is 36.5. The van der Waals surface area contributed by atoms with E-state index in [1.165, 1.54) is 25.7 Å². The van der Waals surface area contributed by atoms with Gasteiger partial charge in [-0.1, -0.05) is 98.6 Å². The van der Waals surface area contributed by atoms with Crippen LogP contribution in [0.4, 0.5) is 0 Å². The number of hydrogen-bond donors (Lipinski definition) is 4. The van der Waals surface area contributed by atoms with E-state index in [0.717, 1.165) is 96.4 Å². The third-order valence-electron chi connectivity index (χ3n) is 17.1. The number of carbonyl (C=O) groups is 2. The van der Waals surface area contributed by atoms with Gasteiger partial charge in [0.1, 0.15) is 6.79 Å². The van der Waals surface area contributed by atoms with E-state index < -0.39 is 17.9 Å². The highest BCUT2D eigenvalue weighted by molar-refractivity contribution is 5.84. The fourth-order valence-corrected chi connectivity index (χ4v) is 13.6. The smallest absolute Gasteiger partial charge is 0.303 e. The van der Waals surface area contributed by atoms with Crippen molar-refractivity contribution in [1.82, 2.24) is 5.32 Å². The molecule has 8 heteroatoms. The maximum absolute atomic E-state index is 14.5. The lowest BCUT2D eigenvalue weighted by molar-refractivity contribution is -0.251. The molecule has 0 aromatic carbocycles. The number of nitrogens with one attached hydrogen (secondary N) is 1. The van der Waals surface area contributed by atoms with Crippen LogP contribution in [0.3, 0.4) is 0 Å². The highest BCUT2D eigenvalue weighted by atomic mass is 16.6. The number of ether oxygens (including phenoxy) is 2. The van der Waals surface area contributed by atoms with E-state index in [9.17, 15) is 19.8 Å². The molecule has 4 N–H and O–H groups in total. The number of aliphatic hydroxyl groups excluding tert-OH is 2. The van der Waals surface area contributed by atoms with Gasteiger partial charge in [0.25, 0.3) is 0 Å². The van der Waals surface area contributed by atoms with Crippen molar-refractivity contribution in [3.05, 3.63) is 11.6 Å². The summed E-state index contributed by atoms with van der Waals surface area (Å²) in [6, 6.07) is 0. The van der Waals surface area contributed by atoms with Crippen LogP contribution in [0.15, 0.2) is 11.6 Å². The van der Waals surface area contributed by atoms with Crippen molar-refractivity contribution in [2.75, 3.05) is 13.3 Å². The Morgan fingerprint density at radius 1 is 0.855 bits per heavy atom. The summed E-state index contributed by atoms with van der Waals surface area (Å²) >= 11 is 0. The zero-order valence-corrected chi connectivity index (χ0v) is 36.5. The summed E-state index contributed by atoms with van der Waals surface area (Å²) in [6.45, 7) is 21.6. The average Bonchev–Trinajstić information content (AvgIpc) is 3.08. The summed E-state index contributed by atoms with van der Waals surface area (Å²) in [4.78, 5) is 25.2. The number of carboxylic acids is 1. The quantitative estimate of drug-likeness (QED) is 0.0621. The number of allylic oxidation sites excluding steroid dienone is 2. The van der Waals surface area contributed by atoms with E-state index in [4.69, 9.17) is 14.6 Å². The van der Waals surface area contributed by atoms with Gasteiger partial charge in [-0.25, -0.2) is 0 Å². The van der Waals surface area contributed by atoms with Crippen molar-refractivity contribution in [2.45, 2.75) is 209 Å². The second kappa shape index (κ2) is 17.0. The van der Waals surface area contributed by atoms with Crippen molar-refractivity contribution in [1.29, 1.82) is 0 Å². The molecule has 0 saturated heterocycles. The summed E-state index contributed by atoms with van der Waals surface area (Å²) in [7, 11) is 0. The van der Waals surface area contributed by atoms with Gasteiger partial charge in [0.15, 0.2) is 6.29 Å². The molecule has 316 valence electrons. The number of fused-ring (bicyclic) bond motifs is 7. The van der Waals surface area contributed by atoms with Gasteiger partial charge in [-0.2, -0.15) is 0 Å². The maximum Gasteiger partial charge on any atom is 0.303 e. The minimum atomic E-state index is -0.943. The van der Waals surface area contributed by atoms with E-state index in [1.807, 2.05) is 13.8 Å². The Morgan fingerprint density at radius 3 is 2.15 bits per heavy atom. The van der Waals surface area contributed by atoms with Gasteiger partial charge in [-0.15, -0.1) is 0 Å². The zero-order chi connectivity index (χ0) is 40.5. The number of hydrogen-bond acceptors (Lipinski definition) is 6. The molecule has 5 rings (SSSR count). The molecule has 1 amide bonds. The molecule has 4 fully saturated rings. The van der Waals surface area contributed by atoms with Gasteiger partial charge in [-0.3, -0.25) is 9.59 Å². The summed E-state index contributed by atoms with van der Waals surface area (Å²) in [5.41, 5.74) is 1.12. The normalized spacial score (nSPS) is 37.0. The van der Waals surface area contributed by atoms with Crippen LogP contribution in [0.1, 0.15) is 191 Å². The van der Waals surface area contributed by atoms with Crippen molar-refractivity contribution >= 4 is 11.9 Å². The van der Waals surface area contributed by atoms with Crippen LogP contribution in [-0.4, -0.2) is 58.5 Å². The predicted molar refractivity (Wildman–Crippen MR) is 219 cm³/mol. The lowest BCUT2D eigenvalue weighted by Crippen LogP contribution is -2.65. The molecule has 0 spiro atoms. The number of carbonyl (C=O) groups excluding carboxylic acids is 1. The number of carboxylic acid groups (broad SMARTS) is 1. The van der Waals surface area contributed by atoms with Crippen LogP contribution in [0, 0.1) is 50.2 Å². The predicted octanol–water partition coefficient (Wildman–Crippen LogP) is 10.3. The molecule has 55 heavy (non-hydrogen) atoms. The first-order valence-electron chi connectivity index (χ1n) is 22.5. The Labute approximate surface area is 334 Å². The molecule has 5 unspecified atom stereocenters. The summed E-state index contributed by atoms with van der Waals surface area (Å²) in [6.07, 6.45) is 21.5. The minimum absolute atomic E-state index is 0.0414. The molecule has 9 atom stereocenters. The SMILES string of the molecule is CC1(C)CC[C@]2(C(=O)NCCCCCCCCCCC(=O)O)CC[C@]3(C)C(=CCC4[C@@]5(C)CCC(OC(O)CC(C)(C)OCO)C(C)(C)C5CC[C@]43C)C2C1. The molecular weight excluding hydrogens is 691 g/mol. The van der Waals surface area contributed by atoms with E-state index in [1.54, 1.807) is 5.57 Å². The third-order valence-corrected chi connectivity index (χ3v) is 17.1. The van der Waals surface area contributed by atoms with Gasteiger partial charge in [0.2, 0.25) is 5.91 Å². The standard InChI is InChI=1S/C47H81NO7/c1-41(2)25-27-47(40(53)48-29-17-15-13-11-10-12-14-16-18-38(50)51)28-26-45(8)33(34(47)30-41)19-20-36-44(7)23-22-37(55-39(52)31-42(3,4)54-32-49)43(5,6)35(44)21-24-46(36,45)9/h19,34-37,39,49,52H,10-18,20-32H2,1-9H3,(H,48,53)(H,50,51)/t34?,35?,36?,37?,39?,44-,45+,46+,47-/m0/s1. The lowest BCUT2D eigenvalue weighted by Gasteiger charge is -2.71. The average molecular weight is 772 g/mol. The Kier molecular flexibility index (Phi) is 13.8. The molecule has 0 heterocycles. The molecule has 0 radical (unpaired) electrons. The van der Waals surface area contributed by atoms with E-state index in [2.05, 4.69) is 59.9 Å². The molecule has 4 saturated carbocycles. The largest absolute Gasteiger partial charge is 0.481 e. The fraction of sp³-hybridized carbons (Fsp3) is 0.915. The fourth-order valence-electron chi connectivity index (χ4n) is 13.6. The van der Waals surface area contributed by atoms with Crippen molar-refractivity contribution in [2.24, 2.45) is 50.2 Å². The lowest BCUT2D eigenvalue weighted by atomic mass is 9.33. The van der Waals surface area contributed by atoms with Crippen molar-refractivity contribution in [3.63, 3.8) is 0 Å². The molecule has 5 aliphatic carbocycles. The Bertz CT molecular complexity index is 1370. The van der Waals surface area contributed by atoms with Gasteiger partial charge in [0.05, 0.1) is 17.1 Å². The van der Waals surface area contributed by atoms with E-state index in [-0.39, 0.29) is 51.8 Å². The van der Waals surface area contributed by atoms with Crippen LogP contribution in [0.25, 0.3) is 0 Å². The van der Waals surface area contributed by atoms with Gasteiger partial charge in [0, 0.05) is 19.4 Å². The number of aliphatic hydroxyl groups is 2. The van der Waals surface area contributed by atoms with Crippen LogP contribution in [0.5, 0.6) is 0 Å². The molecule has 5 aliphatic rings. The molecule has 0 aromatic heterocycles. The first-order chi connectivity index (χ1) is 25.7. The Balaban J connectivity index is 1.26. The van der Waals surface area contributed by atoms with E-state index >= 15 is 0 Å². The number of unbranched alkanes of at least 4 members (excludes halogenated alkanes) is 7. The van der Waals surface area contributed by atoms with Crippen LogP contribution in [0.2, 0.25) is 0 Å². The van der Waals surface area contributed by atoms with Crippen molar-refractivity contribution in [3.8, 4) is 0 Å². The summed E-state index contributed by atoms with van der Waals surface area (Å²) < 4.78 is 11.9. The van der Waals surface area contributed by atoms with E-state index in [0.29, 0.717) is 30.1 Å². The summed E-state index contributed by atoms with van der Waals surface area (Å²) in [5, 5.41) is 32.7. The van der Waals surface area contributed by atoms with Gasteiger partial charge in [-0.05, 0) is 136 Å². The van der Waals surface area contributed by atoms with Crippen LogP contribution >= 0.6 is 0 Å². The van der Waals surface area contributed by atoms with Gasteiger partial charge >= 0.3 is 5.97 Å². The maximum atomic E-state index is 14.5. The molecule has 0 aromatic rings. The van der Waals surface area contributed by atoms with Crippen LogP contribution in [-0.2, 0) is 19.1 Å². The number of amides is 1. The highest BCUT2D eigenvalue weighted by Gasteiger charge is 2.69. The minimum Gasteiger partial charge on any atom is -0.481 e. The molecular formula is C47H81NO7. The van der Waals surface area contributed by atoms with Crippen LogP contribution < -0.4 is 5.32 Å². The second-order valence-corrected chi connectivity index (χ2v) is 21.8. The molecule has 8 nitrogen and oxygen atoms in total. The summed E-state index contributed by atoms with van der Waals surface area (Å²) in [5.74, 6) is 0.942. The van der Waals surface area contributed by atoms with Gasteiger partial charge < -0.3 is 30.1 Å². The Morgan fingerprint density at radius 2 is 1.49 bits per heavy atom. The van der Waals surface area contributed by atoms with Crippen molar-refractivity contribution < 1.29 is 34.4 Å². The first-order valence-corrected chi connectivity index (χ1v) is 22.5. The third kappa shape index (κ3) is 8.93. The highest BCUT2D eigenvalue weighted by Crippen LogP contribution is 2.76. The topological polar surface area (TPSA) is 125 Å². The number of rotatable bonds is 18. The second-order valence-electron chi connectivity index (χ2n) is 21.8. The Hall–Kier alpha value is -1.48.